The maximum Gasteiger partial charge on any atom is 0.246 e. The number of carbonyl (C=O) groups excluding carboxylic acids is 1. The Bertz CT molecular complexity index is 642. The van der Waals surface area contributed by atoms with Crippen LogP contribution < -0.4 is 0 Å². The number of thiophene rings is 2. The largest absolute Gasteiger partial charge is 0.392 e. The summed E-state index contributed by atoms with van der Waals surface area (Å²) in [5.74, 6) is 0.0563. The summed E-state index contributed by atoms with van der Waals surface area (Å²) in [4.78, 5) is 16.5. The van der Waals surface area contributed by atoms with Gasteiger partial charge in [0.1, 0.15) is 0 Å². The van der Waals surface area contributed by atoms with Crippen molar-refractivity contribution >= 4 is 34.7 Å². The number of amides is 1. The van der Waals surface area contributed by atoms with Gasteiger partial charge in [-0.05, 0) is 46.5 Å². The number of aliphatic hydroxyl groups excluding tert-OH is 1. The molecular formula is C15H15NO2S2. The second-order valence-electron chi connectivity index (χ2n) is 4.73. The third-order valence-electron chi connectivity index (χ3n) is 3.37. The summed E-state index contributed by atoms with van der Waals surface area (Å²) in [5.41, 5.74) is 2.17. The van der Waals surface area contributed by atoms with Crippen molar-refractivity contribution in [1.29, 1.82) is 0 Å². The minimum atomic E-state index is 0.0470. The van der Waals surface area contributed by atoms with E-state index in [4.69, 9.17) is 5.11 Å². The number of nitrogens with zero attached hydrogens (tertiary/aromatic N) is 1. The number of hydrogen-bond donors (Lipinski definition) is 1. The molecule has 0 saturated carbocycles. The summed E-state index contributed by atoms with van der Waals surface area (Å²) >= 11 is 3.31. The van der Waals surface area contributed by atoms with E-state index in [0.717, 1.165) is 23.4 Å². The second-order valence-corrected chi connectivity index (χ2v) is 6.67. The molecule has 0 atom stereocenters. The lowest BCUT2D eigenvalue weighted by Crippen LogP contribution is -2.34. The molecule has 0 bridgehead atoms. The summed E-state index contributed by atoms with van der Waals surface area (Å²) in [6.07, 6.45) is 4.42. The first kappa shape index (κ1) is 13.5. The van der Waals surface area contributed by atoms with Crippen molar-refractivity contribution in [1.82, 2.24) is 4.90 Å². The van der Waals surface area contributed by atoms with E-state index < -0.39 is 0 Å². The van der Waals surface area contributed by atoms with Gasteiger partial charge in [0.15, 0.2) is 0 Å². The van der Waals surface area contributed by atoms with Crippen LogP contribution >= 0.6 is 22.7 Å². The molecule has 3 nitrogen and oxygen atoms in total. The lowest BCUT2D eigenvalue weighted by molar-refractivity contribution is -0.126. The van der Waals surface area contributed by atoms with Gasteiger partial charge in [0.25, 0.3) is 0 Å². The molecule has 0 spiro atoms. The van der Waals surface area contributed by atoms with E-state index >= 15 is 0 Å². The Morgan fingerprint density at radius 2 is 2.35 bits per heavy atom. The predicted octanol–water partition coefficient (Wildman–Crippen LogP) is 2.90. The highest BCUT2D eigenvalue weighted by Gasteiger charge is 2.19. The zero-order valence-electron chi connectivity index (χ0n) is 10.9. The number of hydrogen-bond acceptors (Lipinski definition) is 4. The van der Waals surface area contributed by atoms with Crippen molar-refractivity contribution < 1.29 is 9.90 Å². The van der Waals surface area contributed by atoms with Gasteiger partial charge >= 0.3 is 0 Å². The van der Waals surface area contributed by atoms with Crippen LogP contribution in [0.4, 0.5) is 0 Å². The van der Waals surface area contributed by atoms with Crippen LogP contribution in [0.3, 0.4) is 0 Å². The SMILES string of the molecule is O=C(/C=C/c1cc(CO)cs1)N1CCc2sccc2C1. The molecule has 2 aromatic rings. The van der Waals surface area contributed by atoms with Gasteiger partial charge in [-0.1, -0.05) is 0 Å². The molecule has 1 N–H and O–H groups in total. The van der Waals surface area contributed by atoms with E-state index in [1.165, 1.54) is 21.8 Å². The molecule has 0 radical (unpaired) electrons. The van der Waals surface area contributed by atoms with Crippen LogP contribution in [-0.2, 0) is 24.4 Å². The predicted molar refractivity (Wildman–Crippen MR) is 82.7 cm³/mol. The molecule has 20 heavy (non-hydrogen) atoms. The minimum absolute atomic E-state index is 0.0470. The molecule has 0 fully saturated rings. The van der Waals surface area contributed by atoms with Gasteiger partial charge in [0.2, 0.25) is 5.91 Å². The normalized spacial score (nSPS) is 14.8. The van der Waals surface area contributed by atoms with Crippen molar-refractivity contribution in [2.24, 2.45) is 0 Å². The van der Waals surface area contributed by atoms with Gasteiger partial charge in [-0.3, -0.25) is 4.79 Å². The van der Waals surface area contributed by atoms with Crippen LogP contribution in [-0.4, -0.2) is 22.5 Å². The highest BCUT2D eigenvalue weighted by atomic mass is 32.1. The Kier molecular flexibility index (Phi) is 4.00. The van der Waals surface area contributed by atoms with Gasteiger partial charge in [-0.25, -0.2) is 0 Å². The van der Waals surface area contributed by atoms with Crippen LogP contribution in [0.15, 0.2) is 29.0 Å². The van der Waals surface area contributed by atoms with Gasteiger partial charge in [0, 0.05) is 28.9 Å². The zero-order valence-corrected chi connectivity index (χ0v) is 12.5. The summed E-state index contributed by atoms with van der Waals surface area (Å²) in [6.45, 7) is 1.56. The summed E-state index contributed by atoms with van der Waals surface area (Å²) < 4.78 is 0. The topological polar surface area (TPSA) is 40.5 Å². The Morgan fingerprint density at radius 3 is 3.15 bits per heavy atom. The van der Waals surface area contributed by atoms with E-state index in [2.05, 4.69) is 11.4 Å². The highest BCUT2D eigenvalue weighted by molar-refractivity contribution is 7.11. The Morgan fingerprint density at radius 1 is 1.45 bits per heavy atom. The number of fused-ring (bicyclic) bond motifs is 1. The Balaban J connectivity index is 1.65. The fraction of sp³-hybridized carbons (Fsp3) is 0.267. The highest BCUT2D eigenvalue weighted by Crippen LogP contribution is 2.24. The van der Waals surface area contributed by atoms with Gasteiger partial charge in [-0.2, -0.15) is 0 Å². The van der Waals surface area contributed by atoms with Crippen molar-refractivity contribution in [3.63, 3.8) is 0 Å². The van der Waals surface area contributed by atoms with Crippen LogP contribution in [0.2, 0.25) is 0 Å². The minimum Gasteiger partial charge on any atom is -0.392 e. The molecule has 3 rings (SSSR count). The molecule has 1 aliphatic heterocycles. The zero-order chi connectivity index (χ0) is 13.9. The third-order valence-corrected chi connectivity index (χ3v) is 5.34. The molecule has 1 aliphatic rings. The summed E-state index contributed by atoms with van der Waals surface area (Å²) in [7, 11) is 0. The molecular weight excluding hydrogens is 290 g/mol. The molecule has 3 heterocycles. The van der Waals surface area contributed by atoms with E-state index in [9.17, 15) is 4.79 Å². The Labute approximate surface area is 125 Å². The fourth-order valence-corrected chi connectivity index (χ4v) is 3.95. The molecule has 0 saturated heterocycles. The van der Waals surface area contributed by atoms with E-state index in [1.807, 2.05) is 22.4 Å². The molecule has 0 aliphatic carbocycles. The van der Waals surface area contributed by atoms with Crippen molar-refractivity contribution in [3.05, 3.63) is 49.9 Å². The molecule has 5 heteroatoms. The summed E-state index contributed by atoms with van der Waals surface area (Å²) in [6, 6.07) is 4.01. The second kappa shape index (κ2) is 5.91. The van der Waals surface area contributed by atoms with E-state index in [0.29, 0.717) is 6.54 Å². The summed E-state index contributed by atoms with van der Waals surface area (Å²) in [5, 5.41) is 13.0. The smallest absolute Gasteiger partial charge is 0.246 e. The maximum absolute atomic E-state index is 12.2. The monoisotopic (exact) mass is 305 g/mol. The number of rotatable bonds is 3. The molecule has 1 amide bonds. The van der Waals surface area contributed by atoms with Gasteiger partial charge in [-0.15, -0.1) is 22.7 Å². The third kappa shape index (κ3) is 2.85. The fourth-order valence-electron chi connectivity index (χ4n) is 2.26. The Hall–Kier alpha value is -1.43. The van der Waals surface area contributed by atoms with Crippen LogP contribution in [0.5, 0.6) is 0 Å². The van der Waals surface area contributed by atoms with Crippen molar-refractivity contribution in [2.75, 3.05) is 6.54 Å². The van der Waals surface area contributed by atoms with E-state index in [-0.39, 0.29) is 12.5 Å². The lowest BCUT2D eigenvalue weighted by atomic mass is 10.1. The van der Waals surface area contributed by atoms with Gasteiger partial charge < -0.3 is 10.0 Å². The molecule has 104 valence electrons. The van der Waals surface area contributed by atoms with Crippen LogP contribution in [0.25, 0.3) is 6.08 Å². The average molecular weight is 305 g/mol. The van der Waals surface area contributed by atoms with Crippen molar-refractivity contribution in [2.45, 2.75) is 19.6 Å². The molecule has 0 aromatic carbocycles. The number of aliphatic hydroxyl groups is 1. The van der Waals surface area contributed by atoms with Crippen molar-refractivity contribution in [3.8, 4) is 0 Å². The lowest BCUT2D eigenvalue weighted by Gasteiger charge is -2.25. The first-order valence-electron chi connectivity index (χ1n) is 6.47. The first-order valence-corrected chi connectivity index (χ1v) is 8.22. The standard InChI is InChI=1S/C15H15NO2S2/c17-9-11-7-13(20-10-11)1-2-15(18)16-5-3-14-12(8-16)4-6-19-14/h1-2,4,6-7,10,17H,3,5,8-9H2/b2-1+. The quantitative estimate of drug-likeness (QED) is 0.886. The molecule has 2 aromatic heterocycles. The average Bonchev–Trinajstić information content (AvgIpc) is 3.12. The van der Waals surface area contributed by atoms with Crippen LogP contribution in [0, 0.1) is 0 Å². The molecule has 0 unspecified atom stereocenters. The van der Waals surface area contributed by atoms with E-state index in [1.54, 1.807) is 17.4 Å². The number of carbonyl (C=O) groups is 1. The van der Waals surface area contributed by atoms with Gasteiger partial charge in [0.05, 0.1) is 6.61 Å². The maximum atomic E-state index is 12.2. The van der Waals surface area contributed by atoms with Crippen LogP contribution in [0.1, 0.15) is 20.9 Å². The first-order chi connectivity index (χ1) is 9.76.